The van der Waals surface area contributed by atoms with Crippen molar-refractivity contribution in [3.05, 3.63) is 87.0 Å². The third-order valence-corrected chi connectivity index (χ3v) is 15.8. The molecule has 3 aliphatic rings. The van der Waals surface area contributed by atoms with Gasteiger partial charge >= 0.3 is 11.9 Å². The zero-order valence-corrected chi connectivity index (χ0v) is 46.4. The number of allylic oxidation sites excluding steroid dienone is 2. The molecule has 12 heteroatoms. The highest BCUT2D eigenvalue weighted by Gasteiger charge is 2.36. The summed E-state index contributed by atoms with van der Waals surface area (Å²) < 4.78 is 16.8. The molecule has 398 valence electrons. The monoisotopic (exact) mass is 1000 g/mol. The highest BCUT2D eigenvalue weighted by molar-refractivity contribution is 6.27. The zero-order valence-electron chi connectivity index (χ0n) is 46.4. The quantitative estimate of drug-likeness (QED) is 0.0556. The predicted molar refractivity (Wildman–Crippen MR) is 298 cm³/mol. The van der Waals surface area contributed by atoms with Crippen molar-refractivity contribution < 1.29 is 28.6 Å². The molecular weight excluding hydrogens is 913 g/mol. The molecule has 0 spiro atoms. The summed E-state index contributed by atoms with van der Waals surface area (Å²) in [5.74, 6) is 0.761. The van der Waals surface area contributed by atoms with Crippen LogP contribution in [0.25, 0.3) is 39.3 Å². The van der Waals surface area contributed by atoms with E-state index in [1.807, 2.05) is 25.1 Å². The van der Waals surface area contributed by atoms with Crippen molar-refractivity contribution in [1.82, 2.24) is 30.2 Å². The van der Waals surface area contributed by atoms with E-state index in [1.165, 1.54) is 57.6 Å². The second-order valence-electron chi connectivity index (χ2n) is 21.8. The topological polar surface area (TPSA) is 152 Å². The molecule has 73 heavy (non-hydrogen) atoms. The number of rotatable bonds is 25. The zero-order chi connectivity index (χ0) is 52.8. The van der Waals surface area contributed by atoms with Gasteiger partial charge in [0.2, 0.25) is 0 Å². The number of morpholine rings is 1. The molecule has 0 radical (unpaired) electrons. The number of aromatic amines is 2. The van der Waals surface area contributed by atoms with Crippen LogP contribution in [-0.4, -0.2) is 95.8 Å². The van der Waals surface area contributed by atoms with E-state index >= 15 is 0 Å². The standard InChI is InChI=1S/C61H88N6O6/c1-13-46-42(8)50-35-52-44(10)48(24-25-56(68)73-31-26-41(7)23-17-22-40(6)21-16-20-39(5)19-15-18-38(3)4)59(65-52)49(34-57(69)71-12)60-58(61(70)62-27-28-67-29-32-72-33-30-67)45(11)53(66-60)37-55-47(14-2)43(9)51(64-55)36-54(46)63-50/h13,26,35-40,44,48,63-64H,1,14-25,27-34H2,2-12H3,(H,62,70)/b41-26+,50-35?,51-36?,52-35?,53-37?,54-36?,55-37?,59-49?,60-49?. The number of ether oxygens (including phenoxy) is 3. The number of amides is 1. The van der Waals surface area contributed by atoms with Crippen LogP contribution in [0.1, 0.15) is 188 Å². The van der Waals surface area contributed by atoms with Crippen LogP contribution < -0.4 is 5.32 Å². The molecule has 1 fully saturated rings. The number of carbonyl (C=O) groups is 3. The van der Waals surface area contributed by atoms with Gasteiger partial charge in [0.15, 0.2) is 0 Å². The van der Waals surface area contributed by atoms with Crippen molar-refractivity contribution in [1.29, 1.82) is 0 Å². The van der Waals surface area contributed by atoms with Gasteiger partial charge in [0.1, 0.15) is 6.61 Å². The predicted octanol–water partition coefficient (Wildman–Crippen LogP) is 12.8. The average Bonchev–Trinajstić information content (AvgIpc) is 4.05. The third kappa shape index (κ3) is 15.1. The number of H-pyrrole nitrogens is 2. The fraction of sp³-hybridized carbons (Fsp3) is 0.590. The first-order valence-electron chi connectivity index (χ1n) is 27.6. The molecule has 3 aromatic heterocycles. The maximum absolute atomic E-state index is 14.7. The SMILES string of the molecule is C=Cc1c(C)c2cc3nc(c(CC(=O)OC)c4nc(cc5[nH]c(cc1[nH]2)c(C)c5CC)C(C)=C4C(=O)NCCN1CCOCC1)C(CCC(=O)OC/C=C(\C)CCCC(C)CCCC(C)CCCC(C)C)C3C. The number of methoxy groups -OCH3 is 1. The molecule has 4 unspecified atom stereocenters. The number of hydrogen-bond donors (Lipinski definition) is 3. The molecule has 0 saturated carbocycles. The molecule has 4 atom stereocenters. The molecule has 8 bridgehead atoms. The van der Waals surface area contributed by atoms with Crippen molar-refractivity contribution >= 4 is 57.1 Å². The fourth-order valence-electron chi connectivity index (χ4n) is 11.0. The Bertz CT molecular complexity index is 2650. The van der Waals surface area contributed by atoms with Gasteiger partial charge in [-0.3, -0.25) is 24.3 Å². The second-order valence-corrected chi connectivity index (χ2v) is 21.8. The first kappa shape index (κ1) is 57.0. The molecule has 3 aromatic rings. The summed E-state index contributed by atoms with van der Waals surface area (Å²) in [6.45, 7) is 30.4. The van der Waals surface area contributed by atoms with E-state index in [-0.39, 0.29) is 43.2 Å². The van der Waals surface area contributed by atoms with Gasteiger partial charge in [0.05, 0.1) is 49.4 Å². The molecular formula is C61H88N6O6. The normalized spacial score (nSPS) is 17.2. The van der Waals surface area contributed by atoms with Gasteiger partial charge in [-0.05, 0) is 118 Å². The summed E-state index contributed by atoms with van der Waals surface area (Å²) in [5.41, 5.74) is 13.2. The molecule has 0 aromatic carbocycles. The lowest BCUT2D eigenvalue weighted by Gasteiger charge is -2.26. The van der Waals surface area contributed by atoms with Gasteiger partial charge in [-0.2, -0.15) is 0 Å². The number of hydrogen-bond acceptors (Lipinski definition) is 9. The molecule has 0 aliphatic carbocycles. The van der Waals surface area contributed by atoms with E-state index in [1.54, 1.807) is 0 Å². The van der Waals surface area contributed by atoms with Crippen molar-refractivity contribution in [3.63, 3.8) is 0 Å². The lowest BCUT2D eigenvalue weighted by molar-refractivity contribution is -0.143. The maximum Gasteiger partial charge on any atom is 0.310 e. The minimum absolute atomic E-state index is 0.143. The fourth-order valence-corrected chi connectivity index (χ4v) is 11.0. The van der Waals surface area contributed by atoms with Gasteiger partial charge in [-0.15, -0.1) is 0 Å². The van der Waals surface area contributed by atoms with Crippen molar-refractivity contribution in [2.75, 3.05) is 53.1 Å². The Balaban J connectivity index is 1.30. The first-order valence-corrected chi connectivity index (χ1v) is 27.6. The van der Waals surface area contributed by atoms with Gasteiger partial charge in [-0.1, -0.05) is 105 Å². The van der Waals surface area contributed by atoms with E-state index < -0.39 is 5.97 Å². The number of aromatic nitrogens is 4. The molecule has 1 amide bonds. The number of fused-ring (bicyclic) bond motifs is 8. The van der Waals surface area contributed by atoms with Crippen LogP contribution in [0.4, 0.5) is 0 Å². The molecule has 6 heterocycles. The summed E-state index contributed by atoms with van der Waals surface area (Å²) in [5, 5.41) is 3.19. The number of nitrogens with one attached hydrogen (secondary N) is 3. The molecule has 1 saturated heterocycles. The lowest BCUT2D eigenvalue weighted by atomic mass is 9.84. The highest BCUT2D eigenvalue weighted by Crippen LogP contribution is 2.44. The van der Waals surface area contributed by atoms with E-state index in [9.17, 15) is 14.4 Å². The van der Waals surface area contributed by atoms with Gasteiger partial charge in [-0.25, -0.2) is 4.98 Å². The van der Waals surface area contributed by atoms with Crippen LogP contribution in [0.5, 0.6) is 0 Å². The van der Waals surface area contributed by atoms with Crippen LogP contribution >= 0.6 is 0 Å². The molecule has 3 aliphatic heterocycles. The Morgan fingerprint density at radius 1 is 0.863 bits per heavy atom. The lowest BCUT2D eigenvalue weighted by Crippen LogP contribution is -2.41. The van der Waals surface area contributed by atoms with Crippen molar-refractivity contribution in [3.8, 4) is 0 Å². The summed E-state index contributed by atoms with van der Waals surface area (Å²) in [4.78, 5) is 62.2. The number of nitrogens with zero attached hydrogens (tertiary/aromatic N) is 3. The summed E-state index contributed by atoms with van der Waals surface area (Å²) >= 11 is 0. The third-order valence-electron chi connectivity index (χ3n) is 15.8. The van der Waals surface area contributed by atoms with Gasteiger partial charge < -0.3 is 29.5 Å². The Labute approximate surface area is 436 Å². The van der Waals surface area contributed by atoms with Crippen LogP contribution in [0, 0.1) is 31.6 Å². The van der Waals surface area contributed by atoms with Crippen LogP contribution in [-0.2, 0) is 41.4 Å². The highest BCUT2D eigenvalue weighted by atomic mass is 16.5. The van der Waals surface area contributed by atoms with E-state index in [0.717, 1.165) is 94.2 Å². The number of esters is 2. The van der Waals surface area contributed by atoms with Gasteiger partial charge in [0, 0.05) is 83.3 Å². The van der Waals surface area contributed by atoms with Crippen molar-refractivity contribution in [2.45, 2.75) is 165 Å². The van der Waals surface area contributed by atoms with E-state index in [4.69, 9.17) is 24.2 Å². The maximum atomic E-state index is 14.7. The van der Waals surface area contributed by atoms with Crippen molar-refractivity contribution in [2.24, 2.45) is 17.8 Å². The van der Waals surface area contributed by atoms with Gasteiger partial charge in [0.25, 0.3) is 5.91 Å². The first-order chi connectivity index (χ1) is 35.0. The summed E-state index contributed by atoms with van der Waals surface area (Å²) in [6.07, 6.45) is 16.3. The number of carbonyl (C=O) groups excluding carboxylic acids is 3. The Kier molecular flexibility index (Phi) is 21.3. The smallest absolute Gasteiger partial charge is 0.310 e. The molecule has 3 N–H and O–H groups in total. The minimum atomic E-state index is -0.483. The Hall–Kier alpha value is -5.33. The Morgan fingerprint density at radius 3 is 2.21 bits per heavy atom. The minimum Gasteiger partial charge on any atom is -0.469 e. The van der Waals surface area contributed by atoms with Crippen LogP contribution in [0.2, 0.25) is 0 Å². The molecule has 12 nitrogen and oxygen atoms in total. The van der Waals surface area contributed by atoms with E-state index in [0.29, 0.717) is 72.4 Å². The van der Waals surface area contributed by atoms with Crippen LogP contribution in [0.15, 0.2) is 36.4 Å². The Morgan fingerprint density at radius 2 is 1.53 bits per heavy atom. The molecule has 6 rings (SSSR count). The summed E-state index contributed by atoms with van der Waals surface area (Å²) in [6, 6.07) is 6.22. The largest absolute Gasteiger partial charge is 0.469 e. The van der Waals surface area contributed by atoms with E-state index in [2.05, 4.69) is 101 Å². The van der Waals surface area contributed by atoms with Crippen LogP contribution in [0.3, 0.4) is 0 Å². The number of aryl methyl sites for hydroxylation is 3. The summed E-state index contributed by atoms with van der Waals surface area (Å²) in [7, 11) is 1.37. The second kappa shape index (κ2) is 27.3. The average molecular weight is 1000 g/mol.